The summed E-state index contributed by atoms with van der Waals surface area (Å²) in [6.07, 6.45) is -1.02. The normalized spacial score (nSPS) is 28.3. The number of rotatable bonds is 4. The van der Waals surface area contributed by atoms with Gasteiger partial charge in [0.1, 0.15) is 0 Å². The van der Waals surface area contributed by atoms with Gasteiger partial charge in [-0.05, 0) is 25.8 Å². The van der Waals surface area contributed by atoms with Crippen LogP contribution < -0.4 is 5.32 Å². The number of halogens is 3. The first-order valence-corrected chi connectivity index (χ1v) is 5.89. The molecule has 1 N–H and O–H groups in total. The van der Waals surface area contributed by atoms with Crippen molar-refractivity contribution in [3.63, 3.8) is 0 Å². The molecule has 0 aromatic rings. The maximum atomic E-state index is 12.1. The molecule has 0 bridgehead atoms. The van der Waals surface area contributed by atoms with Gasteiger partial charge in [-0.25, -0.2) is 0 Å². The minimum Gasteiger partial charge on any atom is -0.305 e. The topological polar surface area (TPSA) is 15.3 Å². The molecule has 2 atom stereocenters. The highest BCUT2D eigenvalue weighted by Gasteiger charge is 2.30. The van der Waals surface area contributed by atoms with Crippen molar-refractivity contribution in [1.29, 1.82) is 0 Å². The van der Waals surface area contributed by atoms with Gasteiger partial charge < -0.3 is 10.2 Å². The fourth-order valence-electron chi connectivity index (χ4n) is 2.47. The van der Waals surface area contributed by atoms with Crippen molar-refractivity contribution in [1.82, 2.24) is 10.2 Å². The van der Waals surface area contributed by atoms with Crippen molar-refractivity contribution >= 4 is 0 Å². The Kier molecular flexibility index (Phi) is 5.05. The van der Waals surface area contributed by atoms with Gasteiger partial charge in [-0.1, -0.05) is 13.3 Å². The minimum atomic E-state index is -4.10. The molecule has 1 aliphatic rings. The SMILES string of the molecule is CCCC1CC(NCC(F)(F)F)CN(C)C1. The van der Waals surface area contributed by atoms with E-state index < -0.39 is 12.7 Å². The van der Waals surface area contributed by atoms with Crippen molar-refractivity contribution in [3.8, 4) is 0 Å². The summed E-state index contributed by atoms with van der Waals surface area (Å²) in [4.78, 5) is 2.12. The van der Waals surface area contributed by atoms with Crippen LogP contribution in [-0.4, -0.2) is 43.8 Å². The first-order valence-electron chi connectivity index (χ1n) is 5.89. The average molecular weight is 238 g/mol. The Bertz CT molecular complexity index is 206. The van der Waals surface area contributed by atoms with E-state index in [1.165, 1.54) is 0 Å². The molecule has 1 saturated heterocycles. The van der Waals surface area contributed by atoms with Crippen molar-refractivity contribution < 1.29 is 13.2 Å². The number of likely N-dealkylation sites (tertiary alicyclic amines) is 1. The second-order valence-corrected chi connectivity index (χ2v) is 4.80. The lowest BCUT2D eigenvalue weighted by Crippen LogP contribution is -2.49. The van der Waals surface area contributed by atoms with Crippen LogP contribution in [0.5, 0.6) is 0 Å². The number of nitrogens with zero attached hydrogens (tertiary/aromatic N) is 1. The third kappa shape index (κ3) is 5.16. The summed E-state index contributed by atoms with van der Waals surface area (Å²) in [5.74, 6) is 0.537. The summed E-state index contributed by atoms with van der Waals surface area (Å²) in [5.41, 5.74) is 0. The molecule has 0 aliphatic carbocycles. The van der Waals surface area contributed by atoms with Gasteiger partial charge in [0.25, 0.3) is 0 Å². The Labute approximate surface area is 95.2 Å². The van der Waals surface area contributed by atoms with Gasteiger partial charge in [0, 0.05) is 19.1 Å². The van der Waals surface area contributed by atoms with E-state index in [9.17, 15) is 13.2 Å². The summed E-state index contributed by atoms with van der Waals surface area (Å²) in [6, 6.07) is -0.0167. The quantitative estimate of drug-likeness (QED) is 0.808. The molecule has 16 heavy (non-hydrogen) atoms. The Hall–Kier alpha value is -0.290. The third-order valence-corrected chi connectivity index (χ3v) is 3.01. The molecule has 2 nitrogen and oxygen atoms in total. The second kappa shape index (κ2) is 5.87. The summed E-state index contributed by atoms with van der Waals surface area (Å²) in [5, 5.41) is 2.61. The molecule has 1 aliphatic heterocycles. The zero-order valence-electron chi connectivity index (χ0n) is 9.98. The van der Waals surface area contributed by atoms with Crippen molar-refractivity contribution in [3.05, 3.63) is 0 Å². The van der Waals surface area contributed by atoms with E-state index in [1.807, 2.05) is 7.05 Å². The number of hydrogen-bond acceptors (Lipinski definition) is 2. The predicted octanol–water partition coefficient (Wildman–Crippen LogP) is 2.26. The fraction of sp³-hybridized carbons (Fsp3) is 1.00. The smallest absolute Gasteiger partial charge is 0.305 e. The predicted molar refractivity (Wildman–Crippen MR) is 58.4 cm³/mol. The molecule has 5 heteroatoms. The molecule has 0 saturated carbocycles. The lowest BCUT2D eigenvalue weighted by atomic mass is 9.91. The van der Waals surface area contributed by atoms with Crippen molar-refractivity contribution in [2.45, 2.75) is 38.4 Å². The third-order valence-electron chi connectivity index (χ3n) is 3.01. The first kappa shape index (κ1) is 13.8. The van der Waals surface area contributed by atoms with Crippen molar-refractivity contribution in [2.75, 3.05) is 26.7 Å². The van der Waals surface area contributed by atoms with Gasteiger partial charge in [-0.15, -0.1) is 0 Å². The van der Waals surface area contributed by atoms with E-state index in [0.29, 0.717) is 5.92 Å². The molecule has 0 spiro atoms. The molecule has 1 heterocycles. The highest BCUT2D eigenvalue weighted by Crippen LogP contribution is 2.21. The van der Waals surface area contributed by atoms with E-state index in [-0.39, 0.29) is 6.04 Å². The number of hydrogen-bond donors (Lipinski definition) is 1. The molecule has 1 fully saturated rings. The monoisotopic (exact) mass is 238 g/mol. The maximum Gasteiger partial charge on any atom is 0.401 e. The summed E-state index contributed by atoms with van der Waals surface area (Å²) in [7, 11) is 1.98. The summed E-state index contributed by atoms with van der Waals surface area (Å²) >= 11 is 0. The van der Waals surface area contributed by atoms with Gasteiger partial charge in [0.05, 0.1) is 6.54 Å². The number of piperidine rings is 1. The van der Waals surface area contributed by atoms with Crippen LogP contribution in [0.15, 0.2) is 0 Å². The number of alkyl halides is 3. The van der Waals surface area contributed by atoms with Crippen LogP contribution in [-0.2, 0) is 0 Å². The average Bonchev–Trinajstić information content (AvgIpc) is 2.13. The van der Waals surface area contributed by atoms with E-state index in [1.54, 1.807) is 0 Å². The maximum absolute atomic E-state index is 12.1. The van der Waals surface area contributed by atoms with E-state index in [2.05, 4.69) is 17.1 Å². The molecule has 96 valence electrons. The largest absolute Gasteiger partial charge is 0.401 e. The molecular weight excluding hydrogens is 217 g/mol. The number of nitrogens with one attached hydrogen (secondary N) is 1. The zero-order chi connectivity index (χ0) is 12.2. The fourth-order valence-corrected chi connectivity index (χ4v) is 2.47. The second-order valence-electron chi connectivity index (χ2n) is 4.80. The Morgan fingerprint density at radius 3 is 2.56 bits per heavy atom. The van der Waals surface area contributed by atoms with Crippen LogP contribution in [0.3, 0.4) is 0 Å². The van der Waals surface area contributed by atoms with Crippen LogP contribution in [0.4, 0.5) is 13.2 Å². The van der Waals surface area contributed by atoms with E-state index in [4.69, 9.17) is 0 Å². The lowest BCUT2D eigenvalue weighted by Gasteiger charge is -2.36. The number of likely N-dealkylation sites (N-methyl/N-ethyl adjacent to an activating group) is 1. The van der Waals surface area contributed by atoms with E-state index in [0.717, 1.165) is 32.4 Å². The van der Waals surface area contributed by atoms with Crippen LogP contribution in [0, 0.1) is 5.92 Å². The summed E-state index contributed by atoms with van der Waals surface area (Å²) < 4.78 is 36.2. The Balaban J connectivity index is 2.35. The molecule has 0 aromatic heterocycles. The standard InChI is InChI=1S/C11H21F3N2/c1-3-4-9-5-10(7-16(2)6-9)15-8-11(12,13)14/h9-10,15H,3-8H2,1-2H3. The van der Waals surface area contributed by atoms with Crippen LogP contribution in [0.25, 0.3) is 0 Å². The molecule has 0 radical (unpaired) electrons. The lowest BCUT2D eigenvalue weighted by molar-refractivity contribution is -0.127. The molecule has 2 unspecified atom stereocenters. The molecule has 1 rings (SSSR count). The minimum absolute atomic E-state index is 0.0167. The summed E-state index contributed by atoms with van der Waals surface area (Å²) in [6.45, 7) is 2.98. The molecular formula is C11H21F3N2. The van der Waals surface area contributed by atoms with Gasteiger partial charge in [-0.3, -0.25) is 0 Å². The van der Waals surface area contributed by atoms with Crippen LogP contribution >= 0.6 is 0 Å². The Morgan fingerprint density at radius 1 is 1.31 bits per heavy atom. The van der Waals surface area contributed by atoms with E-state index >= 15 is 0 Å². The molecule has 0 amide bonds. The molecule has 0 aromatic carbocycles. The highest BCUT2D eigenvalue weighted by atomic mass is 19.4. The van der Waals surface area contributed by atoms with Crippen LogP contribution in [0.2, 0.25) is 0 Å². The van der Waals surface area contributed by atoms with Gasteiger partial charge in [0.2, 0.25) is 0 Å². The van der Waals surface area contributed by atoms with Crippen molar-refractivity contribution in [2.24, 2.45) is 5.92 Å². The highest BCUT2D eigenvalue weighted by molar-refractivity contribution is 4.82. The first-order chi connectivity index (χ1) is 7.40. The van der Waals surface area contributed by atoms with Crippen LogP contribution in [0.1, 0.15) is 26.2 Å². The van der Waals surface area contributed by atoms with Gasteiger partial charge >= 0.3 is 6.18 Å². The zero-order valence-corrected chi connectivity index (χ0v) is 9.98. The van der Waals surface area contributed by atoms with Gasteiger partial charge in [-0.2, -0.15) is 13.2 Å². The van der Waals surface area contributed by atoms with Gasteiger partial charge in [0.15, 0.2) is 0 Å². The Morgan fingerprint density at radius 2 is 2.00 bits per heavy atom.